The summed E-state index contributed by atoms with van der Waals surface area (Å²) < 4.78 is 14.6. The quantitative estimate of drug-likeness (QED) is 0.706. The van der Waals surface area contributed by atoms with Gasteiger partial charge in [0.15, 0.2) is 0 Å². The Balaban J connectivity index is 2.99. The largest absolute Gasteiger partial charge is 0.473 e. The molecule has 0 saturated heterocycles. The van der Waals surface area contributed by atoms with Crippen molar-refractivity contribution in [1.29, 1.82) is 0 Å². The minimum absolute atomic E-state index is 0.0495. The van der Waals surface area contributed by atoms with Gasteiger partial charge in [-0.2, -0.15) is 4.99 Å². The van der Waals surface area contributed by atoms with Crippen LogP contribution in [0.3, 0.4) is 0 Å². The Hall–Kier alpha value is -1.50. The molecule has 17 heavy (non-hydrogen) atoms. The van der Waals surface area contributed by atoms with Gasteiger partial charge in [-0.1, -0.05) is 11.8 Å². The number of esters is 2. The molecule has 1 rings (SSSR count). The molecule has 0 atom stereocenters. The zero-order valence-corrected chi connectivity index (χ0v) is 10.6. The van der Waals surface area contributed by atoms with Gasteiger partial charge in [0.05, 0.1) is 13.7 Å². The summed E-state index contributed by atoms with van der Waals surface area (Å²) >= 11 is 1.25. The summed E-state index contributed by atoms with van der Waals surface area (Å²) in [5.41, 5.74) is 0.219. The number of carbonyl (C=O) groups is 2. The van der Waals surface area contributed by atoms with Crippen LogP contribution in [-0.4, -0.2) is 36.6 Å². The molecule has 0 N–H and O–H groups in total. The number of rotatable bonds is 3. The second kappa shape index (κ2) is 6.29. The standard InChI is InChI=1S/C10H13NO5S/c1-4-15-10-11-8(16-6(2)12)7(5-17-10)9(13)14-3/h4-5H2,1-3H3. The van der Waals surface area contributed by atoms with E-state index in [2.05, 4.69) is 9.73 Å². The molecule has 94 valence electrons. The summed E-state index contributed by atoms with van der Waals surface area (Å²) in [5, 5.41) is 0.372. The third kappa shape index (κ3) is 3.77. The van der Waals surface area contributed by atoms with Crippen molar-refractivity contribution in [2.75, 3.05) is 19.5 Å². The van der Waals surface area contributed by atoms with Crippen molar-refractivity contribution in [3.05, 3.63) is 11.5 Å². The van der Waals surface area contributed by atoms with Gasteiger partial charge in [-0.15, -0.1) is 0 Å². The number of thioether (sulfide) groups is 1. The Morgan fingerprint density at radius 1 is 1.47 bits per heavy atom. The van der Waals surface area contributed by atoms with Gasteiger partial charge < -0.3 is 14.2 Å². The highest BCUT2D eigenvalue weighted by Gasteiger charge is 2.25. The van der Waals surface area contributed by atoms with E-state index in [1.54, 1.807) is 0 Å². The molecular formula is C10H13NO5S. The molecule has 1 aliphatic heterocycles. The summed E-state index contributed by atoms with van der Waals surface area (Å²) in [6.07, 6.45) is 0. The summed E-state index contributed by atoms with van der Waals surface area (Å²) in [4.78, 5) is 26.3. The van der Waals surface area contributed by atoms with Gasteiger partial charge in [-0.05, 0) is 6.92 Å². The van der Waals surface area contributed by atoms with Crippen LogP contribution in [0.4, 0.5) is 0 Å². The lowest BCUT2D eigenvalue weighted by molar-refractivity contribution is -0.138. The number of hydrogen-bond donors (Lipinski definition) is 0. The Labute approximate surface area is 103 Å². The highest BCUT2D eigenvalue weighted by molar-refractivity contribution is 8.13. The van der Waals surface area contributed by atoms with E-state index in [4.69, 9.17) is 9.47 Å². The van der Waals surface area contributed by atoms with Crippen molar-refractivity contribution in [3.63, 3.8) is 0 Å². The van der Waals surface area contributed by atoms with E-state index in [9.17, 15) is 9.59 Å². The molecule has 1 heterocycles. The molecule has 0 aromatic carbocycles. The maximum atomic E-state index is 11.4. The number of hydrogen-bond acceptors (Lipinski definition) is 7. The SMILES string of the molecule is CCOC1=NC(OC(C)=O)=C(C(=O)OC)CS1. The topological polar surface area (TPSA) is 74.2 Å². The molecule has 0 bridgehead atoms. The van der Waals surface area contributed by atoms with Crippen molar-refractivity contribution in [3.8, 4) is 0 Å². The molecule has 1 aliphatic rings. The lowest BCUT2D eigenvalue weighted by atomic mass is 10.3. The molecule has 0 radical (unpaired) electrons. The number of methoxy groups -OCH3 is 1. The predicted molar refractivity (Wildman–Crippen MR) is 62.3 cm³/mol. The van der Waals surface area contributed by atoms with Crippen LogP contribution in [0.2, 0.25) is 0 Å². The van der Waals surface area contributed by atoms with Gasteiger partial charge >= 0.3 is 11.9 Å². The average molecular weight is 259 g/mol. The highest BCUT2D eigenvalue weighted by Crippen LogP contribution is 2.24. The second-order valence-electron chi connectivity index (χ2n) is 2.97. The van der Waals surface area contributed by atoms with Gasteiger partial charge in [0.2, 0.25) is 5.88 Å². The highest BCUT2D eigenvalue weighted by atomic mass is 32.2. The summed E-state index contributed by atoms with van der Waals surface area (Å²) in [7, 11) is 1.26. The molecule has 0 aromatic heterocycles. The van der Waals surface area contributed by atoms with E-state index in [-0.39, 0.29) is 11.5 Å². The fraction of sp³-hybridized carbons (Fsp3) is 0.500. The number of ether oxygens (including phenoxy) is 3. The van der Waals surface area contributed by atoms with Crippen LogP contribution in [0.5, 0.6) is 0 Å². The number of nitrogens with zero attached hydrogens (tertiary/aromatic N) is 1. The maximum Gasteiger partial charge on any atom is 0.340 e. The third-order valence-corrected chi connectivity index (χ3v) is 2.62. The zero-order chi connectivity index (χ0) is 12.8. The molecular weight excluding hydrogens is 246 g/mol. The minimum Gasteiger partial charge on any atom is -0.473 e. The van der Waals surface area contributed by atoms with Crippen LogP contribution < -0.4 is 0 Å². The molecule has 0 unspecified atom stereocenters. The Bertz CT molecular complexity index is 388. The monoisotopic (exact) mass is 259 g/mol. The molecule has 0 fully saturated rings. The van der Waals surface area contributed by atoms with Crippen LogP contribution in [0, 0.1) is 0 Å². The van der Waals surface area contributed by atoms with Crippen LogP contribution in [0.1, 0.15) is 13.8 Å². The fourth-order valence-corrected chi connectivity index (χ4v) is 1.92. The fourth-order valence-electron chi connectivity index (χ4n) is 1.07. The number of aliphatic imine (C=N–C) groups is 1. The molecule has 0 aliphatic carbocycles. The summed E-state index contributed by atoms with van der Waals surface area (Å²) in [6.45, 7) is 3.50. The molecule has 0 amide bonds. The van der Waals surface area contributed by atoms with Crippen LogP contribution in [0.25, 0.3) is 0 Å². The molecule has 0 aromatic rings. The van der Waals surface area contributed by atoms with Crippen molar-refractivity contribution >= 4 is 28.9 Å². The first kappa shape index (κ1) is 13.6. The van der Waals surface area contributed by atoms with Crippen molar-refractivity contribution in [2.45, 2.75) is 13.8 Å². The van der Waals surface area contributed by atoms with E-state index < -0.39 is 11.9 Å². The Morgan fingerprint density at radius 2 is 2.18 bits per heavy atom. The normalized spacial score (nSPS) is 15.1. The first-order valence-corrected chi connectivity index (χ1v) is 5.91. The van der Waals surface area contributed by atoms with E-state index in [1.165, 1.54) is 25.8 Å². The molecule has 0 saturated carbocycles. The van der Waals surface area contributed by atoms with Crippen LogP contribution in [0.15, 0.2) is 16.4 Å². The zero-order valence-electron chi connectivity index (χ0n) is 9.81. The van der Waals surface area contributed by atoms with E-state index in [0.717, 1.165) is 0 Å². The van der Waals surface area contributed by atoms with Crippen molar-refractivity contribution < 1.29 is 23.8 Å². The number of carbonyl (C=O) groups excluding carboxylic acids is 2. The molecule has 0 spiro atoms. The smallest absolute Gasteiger partial charge is 0.340 e. The lowest BCUT2D eigenvalue weighted by Crippen LogP contribution is -2.18. The second-order valence-corrected chi connectivity index (χ2v) is 3.89. The van der Waals surface area contributed by atoms with Crippen molar-refractivity contribution in [1.82, 2.24) is 0 Å². The van der Waals surface area contributed by atoms with Crippen LogP contribution >= 0.6 is 11.8 Å². The lowest BCUT2D eigenvalue weighted by Gasteiger charge is -2.16. The van der Waals surface area contributed by atoms with Gasteiger partial charge in [-0.3, -0.25) is 4.79 Å². The minimum atomic E-state index is -0.562. The summed E-state index contributed by atoms with van der Waals surface area (Å²) in [6, 6.07) is 0. The first-order chi connectivity index (χ1) is 8.08. The van der Waals surface area contributed by atoms with E-state index >= 15 is 0 Å². The van der Waals surface area contributed by atoms with Crippen molar-refractivity contribution in [2.24, 2.45) is 4.99 Å². The van der Waals surface area contributed by atoms with Gasteiger partial charge in [0, 0.05) is 12.7 Å². The molecule has 6 nitrogen and oxygen atoms in total. The van der Waals surface area contributed by atoms with Gasteiger partial charge in [-0.25, -0.2) is 4.79 Å². The predicted octanol–water partition coefficient (Wildman–Crippen LogP) is 1.07. The Morgan fingerprint density at radius 3 is 2.71 bits per heavy atom. The van der Waals surface area contributed by atoms with Gasteiger partial charge in [0.25, 0.3) is 5.23 Å². The Kier molecular flexibility index (Phi) is 5.02. The van der Waals surface area contributed by atoms with Gasteiger partial charge in [0.1, 0.15) is 5.57 Å². The molecule has 7 heteroatoms. The van der Waals surface area contributed by atoms with E-state index in [0.29, 0.717) is 17.6 Å². The van der Waals surface area contributed by atoms with E-state index in [1.807, 2.05) is 6.92 Å². The summed E-state index contributed by atoms with van der Waals surface area (Å²) in [5.74, 6) is -0.860. The third-order valence-electron chi connectivity index (χ3n) is 1.73. The van der Waals surface area contributed by atoms with Crippen LogP contribution in [-0.2, 0) is 23.8 Å². The first-order valence-electron chi connectivity index (χ1n) is 4.92. The average Bonchev–Trinajstić information content (AvgIpc) is 2.28. The maximum absolute atomic E-state index is 11.4.